The molecule has 30 heavy (non-hydrogen) atoms. The third-order valence-corrected chi connectivity index (χ3v) is 5.27. The van der Waals surface area contributed by atoms with Gasteiger partial charge in [-0.3, -0.25) is 14.4 Å². The SMILES string of the molecule is CC(=O)NC1=NC(=O)/C(=C\c2cccc(OCC(=O)Nc3ccc(Cl)c(Cl)c3)c2)S1. The second-order valence-corrected chi connectivity index (χ2v) is 7.90. The molecule has 0 bridgehead atoms. The number of benzene rings is 2. The van der Waals surface area contributed by atoms with Gasteiger partial charge >= 0.3 is 0 Å². The second kappa shape index (κ2) is 9.80. The Labute approximate surface area is 186 Å². The molecule has 1 aliphatic heterocycles. The molecule has 2 N–H and O–H groups in total. The Balaban J connectivity index is 1.59. The van der Waals surface area contributed by atoms with E-state index in [1.54, 1.807) is 48.5 Å². The zero-order chi connectivity index (χ0) is 21.7. The van der Waals surface area contributed by atoms with E-state index < -0.39 is 5.91 Å². The quantitative estimate of drug-likeness (QED) is 0.649. The number of nitrogens with zero attached hydrogens (tertiary/aromatic N) is 1. The Kier molecular flexibility index (Phi) is 7.15. The van der Waals surface area contributed by atoms with E-state index in [0.717, 1.165) is 11.8 Å². The summed E-state index contributed by atoms with van der Waals surface area (Å²) in [6.45, 7) is 1.12. The summed E-state index contributed by atoms with van der Waals surface area (Å²) in [5.41, 5.74) is 1.19. The summed E-state index contributed by atoms with van der Waals surface area (Å²) in [4.78, 5) is 39.3. The maximum Gasteiger partial charge on any atom is 0.286 e. The van der Waals surface area contributed by atoms with Crippen LogP contribution in [0.15, 0.2) is 52.4 Å². The van der Waals surface area contributed by atoms with Crippen LogP contribution in [0.3, 0.4) is 0 Å². The fraction of sp³-hybridized carbons (Fsp3) is 0.100. The minimum absolute atomic E-state index is 0.219. The van der Waals surface area contributed by atoms with Crippen molar-refractivity contribution in [3.05, 3.63) is 63.0 Å². The van der Waals surface area contributed by atoms with Crippen molar-refractivity contribution in [2.24, 2.45) is 4.99 Å². The lowest BCUT2D eigenvalue weighted by molar-refractivity contribution is -0.118. The fourth-order valence-corrected chi connectivity index (χ4v) is 3.54. The summed E-state index contributed by atoms with van der Waals surface area (Å²) in [5.74, 6) is -0.653. The molecule has 0 atom stereocenters. The minimum Gasteiger partial charge on any atom is -0.484 e. The molecular weight excluding hydrogens is 449 g/mol. The normalized spacial score (nSPS) is 14.4. The number of ether oxygens (including phenoxy) is 1. The molecular formula is C20H15Cl2N3O4S. The predicted octanol–water partition coefficient (Wildman–Crippen LogP) is 4.12. The lowest BCUT2D eigenvalue weighted by Crippen LogP contribution is -2.23. The van der Waals surface area contributed by atoms with Gasteiger partial charge in [0.2, 0.25) is 5.91 Å². The molecule has 1 heterocycles. The molecule has 2 aromatic carbocycles. The highest BCUT2D eigenvalue weighted by Crippen LogP contribution is 2.28. The lowest BCUT2D eigenvalue weighted by Gasteiger charge is -2.09. The highest BCUT2D eigenvalue weighted by molar-refractivity contribution is 8.18. The number of thioether (sulfide) groups is 1. The van der Waals surface area contributed by atoms with Gasteiger partial charge in [0.25, 0.3) is 11.8 Å². The molecule has 0 aromatic heterocycles. The molecule has 10 heteroatoms. The molecule has 1 aliphatic rings. The number of rotatable bonds is 5. The lowest BCUT2D eigenvalue weighted by atomic mass is 10.2. The molecule has 2 aromatic rings. The summed E-state index contributed by atoms with van der Waals surface area (Å²) in [6.07, 6.45) is 1.63. The Hall–Kier alpha value is -2.81. The van der Waals surface area contributed by atoms with Gasteiger partial charge in [-0.1, -0.05) is 35.3 Å². The van der Waals surface area contributed by atoms with Crippen LogP contribution in [-0.2, 0) is 14.4 Å². The van der Waals surface area contributed by atoms with Crippen molar-refractivity contribution in [2.45, 2.75) is 6.92 Å². The third-order valence-electron chi connectivity index (χ3n) is 3.63. The van der Waals surface area contributed by atoms with E-state index in [4.69, 9.17) is 27.9 Å². The van der Waals surface area contributed by atoms with Crippen LogP contribution in [0, 0.1) is 0 Å². The summed E-state index contributed by atoms with van der Waals surface area (Å²) in [7, 11) is 0. The highest BCUT2D eigenvalue weighted by atomic mass is 35.5. The monoisotopic (exact) mass is 463 g/mol. The van der Waals surface area contributed by atoms with Gasteiger partial charge in [0, 0.05) is 12.6 Å². The number of anilines is 1. The number of hydrogen-bond acceptors (Lipinski definition) is 5. The predicted molar refractivity (Wildman–Crippen MR) is 119 cm³/mol. The van der Waals surface area contributed by atoms with Gasteiger partial charge in [0.15, 0.2) is 11.8 Å². The summed E-state index contributed by atoms with van der Waals surface area (Å²) in [6, 6.07) is 11.6. The second-order valence-electron chi connectivity index (χ2n) is 6.05. The largest absolute Gasteiger partial charge is 0.484 e. The van der Waals surface area contributed by atoms with Crippen molar-refractivity contribution in [3.63, 3.8) is 0 Å². The van der Waals surface area contributed by atoms with Crippen LogP contribution >= 0.6 is 35.0 Å². The number of nitrogens with one attached hydrogen (secondary N) is 2. The molecule has 3 rings (SSSR count). The van der Waals surface area contributed by atoms with Crippen LogP contribution in [0.1, 0.15) is 12.5 Å². The van der Waals surface area contributed by atoms with Gasteiger partial charge in [-0.05, 0) is 53.7 Å². The van der Waals surface area contributed by atoms with Crippen molar-refractivity contribution in [1.29, 1.82) is 0 Å². The molecule has 3 amide bonds. The zero-order valence-corrected chi connectivity index (χ0v) is 17.9. The number of aliphatic imine (C=N–C) groups is 1. The van der Waals surface area contributed by atoms with E-state index in [1.165, 1.54) is 6.92 Å². The molecule has 154 valence electrons. The standard InChI is InChI=1S/C20H15Cl2N3O4S/c1-11(26)23-20-25-19(28)17(30-20)8-12-3-2-4-14(7-12)29-10-18(27)24-13-5-6-15(21)16(22)9-13/h2-9H,10H2,1H3,(H,24,27)(H,23,25,26,28)/b17-8+. The topological polar surface area (TPSA) is 96.9 Å². The molecule has 0 spiro atoms. The van der Waals surface area contributed by atoms with Crippen LogP contribution < -0.4 is 15.4 Å². The van der Waals surface area contributed by atoms with Crippen LogP contribution in [0.2, 0.25) is 10.0 Å². The van der Waals surface area contributed by atoms with Crippen LogP contribution in [-0.4, -0.2) is 29.5 Å². The van der Waals surface area contributed by atoms with E-state index in [-0.39, 0.29) is 23.6 Å². The average Bonchev–Trinajstić information content (AvgIpc) is 3.01. The van der Waals surface area contributed by atoms with Gasteiger partial charge in [0.1, 0.15) is 5.75 Å². The smallest absolute Gasteiger partial charge is 0.286 e. The van der Waals surface area contributed by atoms with Crippen molar-refractivity contribution < 1.29 is 19.1 Å². The van der Waals surface area contributed by atoms with Crippen molar-refractivity contribution in [2.75, 3.05) is 11.9 Å². The van der Waals surface area contributed by atoms with Gasteiger partial charge in [-0.25, -0.2) is 0 Å². The maximum absolute atomic E-state index is 12.1. The van der Waals surface area contributed by atoms with Gasteiger partial charge in [0.05, 0.1) is 15.0 Å². The molecule has 0 saturated carbocycles. The molecule has 0 unspecified atom stereocenters. The first kappa shape index (κ1) is 21.9. The van der Waals surface area contributed by atoms with E-state index in [2.05, 4.69) is 15.6 Å². The van der Waals surface area contributed by atoms with Gasteiger partial charge in [-0.15, -0.1) is 0 Å². The summed E-state index contributed by atoms with van der Waals surface area (Å²) in [5, 5.41) is 6.12. The minimum atomic E-state index is -0.434. The number of carbonyl (C=O) groups excluding carboxylic acids is 3. The van der Waals surface area contributed by atoms with Crippen LogP contribution in [0.5, 0.6) is 5.75 Å². The van der Waals surface area contributed by atoms with Crippen LogP contribution in [0.25, 0.3) is 6.08 Å². The molecule has 7 nitrogen and oxygen atoms in total. The van der Waals surface area contributed by atoms with Gasteiger partial charge in [-0.2, -0.15) is 4.99 Å². The fourth-order valence-electron chi connectivity index (χ4n) is 2.38. The number of hydrogen-bond donors (Lipinski definition) is 2. The van der Waals surface area contributed by atoms with E-state index >= 15 is 0 Å². The first-order valence-electron chi connectivity index (χ1n) is 8.58. The summed E-state index contributed by atoms with van der Waals surface area (Å²) >= 11 is 12.9. The molecule has 0 fully saturated rings. The van der Waals surface area contributed by atoms with Crippen molar-refractivity contribution in [3.8, 4) is 5.75 Å². The summed E-state index contributed by atoms with van der Waals surface area (Å²) < 4.78 is 5.52. The third kappa shape index (κ3) is 6.09. The van der Waals surface area contributed by atoms with Gasteiger partial charge < -0.3 is 15.4 Å². The number of amidine groups is 1. The Morgan fingerprint density at radius 1 is 1.13 bits per heavy atom. The first-order valence-corrected chi connectivity index (χ1v) is 10.2. The molecule has 0 radical (unpaired) electrons. The van der Waals surface area contributed by atoms with E-state index in [0.29, 0.717) is 32.0 Å². The molecule has 0 aliphatic carbocycles. The Bertz CT molecular complexity index is 1090. The van der Waals surface area contributed by atoms with E-state index in [1.807, 2.05) is 0 Å². The number of amides is 3. The van der Waals surface area contributed by atoms with Crippen molar-refractivity contribution >= 4 is 69.6 Å². The highest BCUT2D eigenvalue weighted by Gasteiger charge is 2.22. The van der Waals surface area contributed by atoms with Crippen molar-refractivity contribution in [1.82, 2.24) is 5.32 Å². The zero-order valence-electron chi connectivity index (χ0n) is 15.6. The average molecular weight is 464 g/mol. The number of carbonyl (C=O) groups is 3. The number of halogens is 2. The molecule has 0 saturated heterocycles. The van der Waals surface area contributed by atoms with Crippen LogP contribution in [0.4, 0.5) is 5.69 Å². The maximum atomic E-state index is 12.1. The first-order chi connectivity index (χ1) is 14.3. The van der Waals surface area contributed by atoms with E-state index in [9.17, 15) is 14.4 Å². The Morgan fingerprint density at radius 2 is 1.93 bits per heavy atom. The Morgan fingerprint density at radius 3 is 2.67 bits per heavy atom.